The zero-order valence-corrected chi connectivity index (χ0v) is 21.1. The van der Waals surface area contributed by atoms with Crippen molar-refractivity contribution in [2.24, 2.45) is 5.92 Å². The molecule has 34 heavy (non-hydrogen) atoms. The number of carbonyl (C=O) groups is 2. The van der Waals surface area contributed by atoms with Crippen molar-refractivity contribution >= 4 is 35.0 Å². The third-order valence-corrected chi connectivity index (χ3v) is 7.88. The summed E-state index contributed by atoms with van der Waals surface area (Å²) in [5.74, 6) is 0.0361. The molecule has 5 nitrogen and oxygen atoms in total. The van der Waals surface area contributed by atoms with Gasteiger partial charge in [0.25, 0.3) is 5.91 Å². The summed E-state index contributed by atoms with van der Waals surface area (Å²) in [6.07, 6.45) is 7.36. The van der Waals surface area contributed by atoms with Gasteiger partial charge in [0.05, 0.1) is 6.61 Å². The molecule has 1 aliphatic carbocycles. The first-order chi connectivity index (χ1) is 16.4. The number of likely N-dealkylation sites (tertiary alicyclic amines) is 1. The molecule has 2 fully saturated rings. The summed E-state index contributed by atoms with van der Waals surface area (Å²) in [7, 11) is 1.66. The Bertz CT molecular complexity index is 1010. The number of halogens is 2. The predicted octanol–water partition coefficient (Wildman–Crippen LogP) is 5.45. The molecule has 0 spiro atoms. The van der Waals surface area contributed by atoms with E-state index < -0.39 is 0 Å². The van der Waals surface area contributed by atoms with E-state index in [4.69, 9.17) is 28.3 Å². The van der Waals surface area contributed by atoms with Crippen LogP contribution < -0.4 is 0 Å². The number of hydrogen-bond acceptors (Lipinski definition) is 3. The van der Waals surface area contributed by atoms with Gasteiger partial charge in [-0.15, -0.1) is 0 Å². The van der Waals surface area contributed by atoms with Gasteiger partial charge in [-0.25, -0.2) is 0 Å². The van der Waals surface area contributed by atoms with E-state index in [1.54, 1.807) is 19.2 Å². The largest absolute Gasteiger partial charge is 0.395 e. The maximum absolute atomic E-state index is 13.1. The van der Waals surface area contributed by atoms with Crippen LogP contribution in [0.25, 0.3) is 11.1 Å². The Morgan fingerprint density at radius 2 is 1.68 bits per heavy atom. The number of benzene rings is 2. The first kappa shape index (κ1) is 25.0. The van der Waals surface area contributed by atoms with Crippen LogP contribution in [0.15, 0.2) is 36.4 Å². The molecule has 1 unspecified atom stereocenters. The monoisotopic (exact) mass is 502 g/mol. The van der Waals surface area contributed by atoms with Crippen LogP contribution in [0.1, 0.15) is 54.4 Å². The molecule has 1 atom stereocenters. The van der Waals surface area contributed by atoms with Crippen LogP contribution in [0.2, 0.25) is 10.0 Å². The van der Waals surface area contributed by atoms with Crippen LogP contribution in [-0.2, 0) is 11.2 Å². The van der Waals surface area contributed by atoms with Crippen LogP contribution in [0, 0.1) is 5.92 Å². The minimum absolute atomic E-state index is 0.0658. The summed E-state index contributed by atoms with van der Waals surface area (Å²) in [6, 6.07) is 11.4. The zero-order valence-electron chi connectivity index (χ0n) is 19.6. The summed E-state index contributed by atoms with van der Waals surface area (Å²) < 4.78 is 0. The van der Waals surface area contributed by atoms with Gasteiger partial charge in [-0.1, -0.05) is 54.6 Å². The number of carbonyl (C=O) groups excluding carboxylic acids is 2. The molecule has 0 aromatic heterocycles. The maximum Gasteiger partial charge on any atom is 0.253 e. The van der Waals surface area contributed by atoms with Gasteiger partial charge < -0.3 is 14.9 Å². The van der Waals surface area contributed by atoms with Gasteiger partial charge in [-0.3, -0.25) is 9.59 Å². The summed E-state index contributed by atoms with van der Waals surface area (Å²) in [5.41, 5.74) is 3.14. The fraction of sp³-hybridized carbons (Fsp3) is 0.481. The third-order valence-electron chi connectivity index (χ3n) is 7.21. The van der Waals surface area contributed by atoms with Crippen molar-refractivity contribution in [3.8, 4) is 11.1 Å². The molecule has 1 N–H and O–H groups in total. The molecule has 182 valence electrons. The number of likely N-dealkylation sites (N-methyl/N-ethyl adjacent to an activating group) is 1. The number of amides is 2. The van der Waals surface area contributed by atoms with E-state index in [1.165, 1.54) is 24.2 Å². The van der Waals surface area contributed by atoms with E-state index >= 15 is 0 Å². The highest BCUT2D eigenvalue weighted by Crippen LogP contribution is 2.36. The van der Waals surface area contributed by atoms with Crippen molar-refractivity contribution in [2.45, 2.75) is 51.0 Å². The fourth-order valence-corrected chi connectivity index (χ4v) is 5.84. The van der Waals surface area contributed by atoms with E-state index in [2.05, 4.69) is 4.90 Å². The first-order valence-electron chi connectivity index (χ1n) is 12.1. The lowest BCUT2D eigenvalue weighted by Gasteiger charge is -2.31. The fourth-order valence-electron chi connectivity index (χ4n) is 5.20. The highest BCUT2D eigenvalue weighted by molar-refractivity contribution is 6.36. The number of hydrogen-bond donors (Lipinski definition) is 1. The molecule has 1 saturated heterocycles. The second-order valence-electron chi connectivity index (χ2n) is 9.46. The molecule has 1 saturated carbocycles. The Morgan fingerprint density at radius 1 is 1.03 bits per heavy atom. The van der Waals surface area contributed by atoms with E-state index in [9.17, 15) is 9.59 Å². The van der Waals surface area contributed by atoms with Crippen LogP contribution in [0.4, 0.5) is 0 Å². The van der Waals surface area contributed by atoms with Crippen molar-refractivity contribution in [3.63, 3.8) is 0 Å². The Morgan fingerprint density at radius 3 is 2.29 bits per heavy atom. The SMILES string of the molecule is CN(CCO)C(=O)c1ccc(-c2cc(Cl)c(CC3CCN(C4CCCCC4)C3=O)c(Cl)c2)cc1. The molecule has 2 amide bonds. The molecule has 2 aliphatic rings. The minimum atomic E-state index is -0.143. The van der Waals surface area contributed by atoms with Crippen LogP contribution in [0.5, 0.6) is 0 Å². The van der Waals surface area contributed by atoms with Crippen LogP contribution in [-0.4, -0.2) is 59.5 Å². The maximum atomic E-state index is 13.1. The second kappa shape index (κ2) is 11.1. The van der Waals surface area contributed by atoms with Crippen LogP contribution >= 0.6 is 23.2 Å². The average molecular weight is 503 g/mol. The van der Waals surface area contributed by atoms with Crippen molar-refractivity contribution in [1.82, 2.24) is 9.80 Å². The van der Waals surface area contributed by atoms with Crippen LogP contribution in [0.3, 0.4) is 0 Å². The van der Waals surface area contributed by atoms with Crippen molar-refractivity contribution < 1.29 is 14.7 Å². The van der Waals surface area contributed by atoms with Crippen molar-refractivity contribution in [1.29, 1.82) is 0 Å². The number of aliphatic hydroxyl groups is 1. The Balaban J connectivity index is 1.46. The van der Waals surface area contributed by atoms with Crippen molar-refractivity contribution in [2.75, 3.05) is 26.7 Å². The summed E-state index contributed by atoms with van der Waals surface area (Å²) >= 11 is 13.3. The molecule has 2 aromatic carbocycles. The number of nitrogens with zero attached hydrogens (tertiary/aromatic N) is 2. The van der Waals surface area contributed by atoms with Crippen molar-refractivity contribution in [3.05, 3.63) is 57.6 Å². The zero-order chi connectivity index (χ0) is 24.2. The molecular formula is C27H32Cl2N2O3. The Hall–Kier alpha value is -2.08. The molecule has 7 heteroatoms. The topological polar surface area (TPSA) is 60.9 Å². The predicted molar refractivity (Wildman–Crippen MR) is 136 cm³/mol. The minimum Gasteiger partial charge on any atom is -0.395 e. The van der Waals surface area contributed by atoms with Gasteiger partial charge in [-0.05, 0) is 66.6 Å². The molecule has 4 rings (SSSR count). The third kappa shape index (κ3) is 5.42. The van der Waals surface area contributed by atoms with Gasteiger partial charge >= 0.3 is 0 Å². The number of aliphatic hydroxyl groups excluding tert-OH is 1. The second-order valence-corrected chi connectivity index (χ2v) is 10.3. The molecule has 1 aliphatic heterocycles. The van der Waals surface area contributed by atoms with Gasteiger partial charge in [0.1, 0.15) is 0 Å². The van der Waals surface area contributed by atoms with Gasteiger partial charge in [0.2, 0.25) is 5.91 Å². The lowest BCUT2D eigenvalue weighted by Crippen LogP contribution is -2.39. The van der Waals surface area contributed by atoms with E-state index in [1.807, 2.05) is 24.3 Å². The highest BCUT2D eigenvalue weighted by Gasteiger charge is 2.36. The Labute approximate surface area is 211 Å². The normalized spacial score (nSPS) is 19.0. The van der Waals surface area contributed by atoms with E-state index in [-0.39, 0.29) is 30.9 Å². The molecule has 0 radical (unpaired) electrons. The van der Waals surface area contributed by atoms with Gasteiger partial charge in [0.15, 0.2) is 0 Å². The molecule has 1 heterocycles. The van der Waals surface area contributed by atoms with E-state index in [0.717, 1.165) is 42.5 Å². The summed E-state index contributed by atoms with van der Waals surface area (Å²) in [6.45, 7) is 1.05. The highest BCUT2D eigenvalue weighted by atomic mass is 35.5. The standard InChI is InChI=1S/C27H32Cl2N2O3/c1-30(13-14-32)26(33)19-9-7-18(8-10-19)21-16-24(28)23(25(29)17-21)15-20-11-12-31(27(20)34)22-5-3-2-4-6-22/h7-10,16-17,20,22,32H,2-6,11-15H2,1H3. The quantitative estimate of drug-likeness (QED) is 0.547. The molecule has 2 aromatic rings. The summed E-state index contributed by atoms with van der Waals surface area (Å²) in [5, 5.41) is 10.2. The Kier molecular flexibility index (Phi) is 8.18. The van der Waals surface area contributed by atoms with E-state index in [0.29, 0.717) is 28.1 Å². The molecule has 0 bridgehead atoms. The lowest BCUT2D eigenvalue weighted by atomic mass is 9.93. The first-order valence-corrected chi connectivity index (χ1v) is 12.9. The lowest BCUT2D eigenvalue weighted by molar-refractivity contribution is -0.133. The smallest absolute Gasteiger partial charge is 0.253 e. The average Bonchev–Trinajstić information content (AvgIpc) is 3.21. The van der Waals surface area contributed by atoms with Gasteiger partial charge in [-0.2, -0.15) is 0 Å². The number of rotatable bonds is 7. The summed E-state index contributed by atoms with van der Waals surface area (Å²) in [4.78, 5) is 29.1. The van der Waals surface area contributed by atoms with Gasteiger partial charge in [0, 0.05) is 47.7 Å². The molecular weight excluding hydrogens is 471 g/mol.